The van der Waals surface area contributed by atoms with Crippen LogP contribution in [0, 0.1) is 0 Å². The van der Waals surface area contributed by atoms with Gasteiger partial charge >= 0.3 is 11.9 Å². The molecule has 0 aromatic heterocycles. The zero-order valence-corrected chi connectivity index (χ0v) is 14.8. The van der Waals surface area contributed by atoms with E-state index in [1.165, 1.54) is 26.7 Å². The molecule has 0 heterocycles. The summed E-state index contributed by atoms with van der Waals surface area (Å²) < 4.78 is 0. The third-order valence-corrected chi connectivity index (χ3v) is 0.830. The molecule has 0 atom stereocenters. The first-order valence-corrected chi connectivity index (χ1v) is 7.02. The van der Waals surface area contributed by atoms with Gasteiger partial charge in [0.1, 0.15) is 0 Å². The van der Waals surface area contributed by atoms with Crippen molar-refractivity contribution in [2.45, 2.75) is 54.4 Å². The Morgan fingerprint density at radius 2 is 0.818 bits per heavy atom. The molecule has 0 saturated carbocycles. The van der Waals surface area contributed by atoms with Gasteiger partial charge in [-0.15, -0.1) is 0 Å². The SMILES string of the molecule is C=C(C)C(=O)O.C=C(C)C(=O)O.CCC.CCC.OCCO. The molecule has 6 heteroatoms. The maximum absolute atomic E-state index is 9.60. The average molecular weight is 322 g/mol. The first-order valence-electron chi connectivity index (χ1n) is 7.02. The van der Waals surface area contributed by atoms with Crippen LogP contribution >= 0.6 is 0 Å². The van der Waals surface area contributed by atoms with E-state index in [-0.39, 0.29) is 24.4 Å². The lowest BCUT2D eigenvalue weighted by atomic mass is 10.4. The number of aliphatic carboxylic acids is 2. The number of aliphatic hydroxyl groups excluding tert-OH is 2. The van der Waals surface area contributed by atoms with Crippen molar-refractivity contribution in [1.82, 2.24) is 0 Å². The molecule has 0 aliphatic rings. The molecule has 22 heavy (non-hydrogen) atoms. The molecule has 134 valence electrons. The lowest BCUT2D eigenvalue weighted by Crippen LogP contribution is -1.92. The van der Waals surface area contributed by atoms with E-state index in [1.54, 1.807) is 0 Å². The van der Waals surface area contributed by atoms with Crippen LogP contribution in [0.15, 0.2) is 24.3 Å². The van der Waals surface area contributed by atoms with E-state index >= 15 is 0 Å². The van der Waals surface area contributed by atoms with Crippen molar-refractivity contribution in [1.29, 1.82) is 0 Å². The van der Waals surface area contributed by atoms with Gasteiger partial charge in [0.25, 0.3) is 0 Å². The molecule has 0 rings (SSSR count). The first kappa shape index (κ1) is 32.3. The second kappa shape index (κ2) is 31.6. The smallest absolute Gasteiger partial charge is 0.330 e. The summed E-state index contributed by atoms with van der Waals surface area (Å²) in [7, 11) is 0. The fourth-order valence-electron chi connectivity index (χ4n) is 0. The van der Waals surface area contributed by atoms with Gasteiger partial charge in [0.2, 0.25) is 0 Å². The Hall–Kier alpha value is -1.66. The molecule has 0 radical (unpaired) electrons. The fourth-order valence-corrected chi connectivity index (χ4v) is 0. The van der Waals surface area contributed by atoms with Gasteiger partial charge < -0.3 is 20.4 Å². The van der Waals surface area contributed by atoms with Crippen LogP contribution in [0.1, 0.15) is 54.4 Å². The van der Waals surface area contributed by atoms with Gasteiger partial charge in [0.05, 0.1) is 13.2 Å². The van der Waals surface area contributed by atoms with E-state index < -0.39 is 11.9 Å². The van der Waals surface area contributed by atoms with Crippen LogP contribution in [-0.2, 0) is 9.59 Å². The third kappa shape index (κ3) is 102. The monoisotopic (exact) mass is 322 g/mol. The van der Waals surface area contributed by atoms with Crippen molar-refractivity contribution in [3.05, 3.63) is 24.3 Å². The zero-order valence-electron chi connectivity index (χ0n) is 14.8. The highest BCUT2D eigenvalue weighted by atomic mass is 16.4. The van der Waals surface area contributed by atoms with Crippen molar-refractivity contribution in [2.75, 3.05) is 13.2 Å². The summed E-state index contributed by atoms with van der Waals surface area (Å²) in [6.07, 6.45) is 2.50. The van der Waals surface area contributed by atoms with E-state index in [0.29, 0.717) is 0 Å². The molecular formula is C16H34O6. The number of carboxylic acid groups (broad SMARTS) is 2. The van der Waals surface area contributed by atoms with Gasteiger partial charge in [0, 0.05) is 11.1 Å². The van der Waals surface area contributed by atoms with Crippen LogP contribution in [0.4, 0.5) is 0 Å². The second-order valence-corrected chi connectivity index (χ2v) is 4.03. The minimum absolute atomic E-state index is 0.125. The van der Waals surface area contributed by atoms with Gasteiger partial charge in [-0.3, -0.25) is 0 Å². The first-order chi connectivity index (χ1) is 10.0. The number of hydrogen-bond acceptors (Lipinski definition) is 4. The minimum Gasteiger partial charge on any atom is -0.478 e. The minimum atomic E-state index is -0.935. The highest BCUT2D eigenvalue weighted by Crippen LogP contribution is 1.81. The van der Waals surface area contributed by atoms with E-state index in [9.17, 15) is 9.59 Å². The summed E-state index contributed by atoms with van der Waals surface area (Å²) in [6, 6.07) is 0. The highest BCUT2D eigenvalue weighted by Gasteiger charge is 1.90. The third-order valence-electron chi connectivity index (χ3n) is 0.830. The molecule has 0 aromatic rings. The maximum Gasteiger partial charge on any atom is 0.330 e. The lowest BCUT2D eigenvalue weighted by Gasteiger charge is -1.79. The molecule has 0 unspecified atom stereocenters. The van der Waals surface area contributed by atoms with Crippen LogP contribution in [0.2, 0.25) is 0 Å². The van der Waals surface area contributed by atoms with Gasteiger partial charge in [-0.05, 0) is 13.8 Å². The van der Waals surface area contributed by atoms with Gasteiger partial charge in [0.15, 0.2) is 0 Å². The van der Waals surface area contributed by atoms with Crippen LogP contribution in [-0.4, -0.2) is 45.6 Å². The maximum atomic E-state index is 9.60. The van der Waals surface area contributed by atoms with Crippen LogP contribution in [0.3, 0.4) is 0 Å². The van der Waals surface area contributed by atoms with Crippen molar-refractivity contribution in [3.63, 3.8) is 0 Å². The Labute approximate surface area is 134 Å². The van der Waals surface area contributed by atoms with Gasteiger partial charge in [-0.1, -0.05) is 53.7 Å². The van der Waals surface area contributed by atoms with Crippen LogP contribution in [0.5, 0.6) is 0 Å². The summed E-state index contributed by atoms with van der Waals surface area (Å²) in [6.45, 7) is 17.5. The van der Waals surface area contributed by atoms with E-state index in [0.717, 1.165) is 0 Å². The average Bonchev–Trinajstić information content (AvgIpc) is 2.41. The predicted molar refractivity (Wildman–Crippen MR) is 91.0 cm³/mol. The summed E-state index contributed by atoms with van der Waals surface area (Å²) in [4.78, 5) is 19.2. The molecule has 0 fully saturated rings. The Balaban J connectivity index is -0.0000000568. The van der Waals surface area contributed by atoms with Crippen molar-refractivity contribution >= 4 is 11.9 Å². The van der Waals surface area contributed by atoms with Crippen molar-refractivity contribution < 1.29 is 30.0 Å². The fraction of sp³-hybridized carbons (Fsp3) is 0.625. The van der Waals surface area contributed by atoms with Crippen LogP contribution < -0.4 is 0 Å². The Morgan fingerprint density at radius 1 is 0.727 bits per heavy atom. The zero-order chi connectivity index (χ0) is 19.1. The standard InChI is InChI=1S/2C4H6O2.2C3H8.C2H6O2/c2*1-3(2)4(5)6;2*1-3-2;3-1-2-4/h2*1H2,2H3,(H,5,6);2*3H2,1-2H3;3-4H,1-2H2. The summed E-state index contributed by atoms with van der Waals surface area (Å²) in [5, 5.41) is 31.0. The molecule has 0 spiro atoms. The second-order valence-electron chi connectivity index (χ2n) is 4.03. The number of rotatable bonds is 3. The van der Waals surface area contributed by atoms with E-state index in [4.69, 9.17) is 20.4 Å². The molecule has 4 N–H and O–H groups in total. The highest BCUT2D eigenvalue weighted by molar-refractivity contribution is 5.85. The summed E-state index contributed by atoms with van der Waals surface area (Å²) in [5.41, 5.74) is 0.352. The molecule has 0 aliphatic carbocycles. The molecule has 6 nitrogen and oxygen atoms in total. The van der Waals surface area contributed by atoms with Crippen molar-refractivity contribution in [2.24, 2.45) is 0 Å². The number of carboxylic acids is 2. The number of carbonyl (C=O) groups is 2. The molecule has 0 aromatic carbocycles. The lowest BCUT2D eigenvalue weighted by molar-refractivity contribution is -0.133. The largest absolute Gasteiger partial charge is 0.478 e. The Kier molecular flexibility index (Phi) is 46.5. The number of aliphatic hydroxyl groups is 2. The molecule has 0 bridgehead atoms. The van der Waals surface area contributed by atoms with E-state index in [2.05, 4.69) is 40.9 Å². The molecule has 0 aliphatic heterocycles. The molecule has 0 amide bonds. The van der Waals surface area contributed by atoms with Crippen molar-refractivity contribution in [3.8, 4) is 0 Å². The van der Waals surface area contributed by atoms with Gasteiger partial charge in [-0.25, -0.2) is 9.59 Å². The quantitative estimate of drug-likeness (QED) is 0.593. The van der Waals surface area contributed by atoms with E-state index in [1.807, 2.05) is 0 Å². The molecular weight excluding hydrogens is 288 g/mol. The Morgan fingerprint density at radius 3 is 0.818 bits per heavy atom. The summed E-state index contributed by atoms with van der Waals surface area (Å²) in [5.74, 6) is -1.87. The van der Waals surface area contributed by atoms with Crippen LogP contribution in [0.25, 0.3) is 0 Å². The van der Waals surface area contributed by atoms with Gasteiger partial charge in [-0.2, -0.15) is 0 Å². The normalized spacial score (nSPS) is 7.09. The topological polar surface area (TPSA) is 115 Å². The summed E-state index contributed by atoms with van der Waals surface area (Å²) >= 11 is 0. The Bertz CT molecular complexity index is 220. The predicted octanol–water partition coefficient (Wildman–Crippen LogP) is 3.10. The number of hydrogen-bond donors (Lipinski definition) is 4. The molecule has 0 saturated heterocycles.